The van der Waals surface area contributed by atoms with Crippen molar-refractivity contribution in [1.29, 1.82) is 0 Å². The molecule has 5 atom stereocenters. The second-order valence-corrected chi connectivity index (χ2v) is 12.1. The highest BCUT2D eigenvalue weighted by atomic mass is 32.1. The second-order valence-electron chi connectivity index (χ2n) is 9.86. The molecule has 13 heteroatoms. The maximum absolute atomic E-state index is 12.5. The molecule has 2 heterocycles. The van der Waals surface area contributed by atoms with Gasteiger partial charge >= 0.3 is 0 Å². The van der Waals surface area contributed by atoms with Crippen LogP contribution in [0, 0.1) is 11.1 Å². The number of hydrogen-bond acceptors (Lipinski definition) is 10. The van der Waals surface area contributed by atoms with Crippen LogP contribution in [0.1, 0.15) is 34.3 Å². The molecule has 1 saturated heterocycles. The first kappa shape index (κ1) is 33.0. The molecule has 2 aliphatic rings. The summed E-state index contributed by atoms with van der Waals surface area (Å²) in [5.74, 6) is 2.52. The van der Waals surface area contributed by atoms with Gasteiger partial charge in [0.05, 0.1) is 52.7 Å². The normalized spacial score (nSPS) is 22.4. The van der Waals surface area contributed by atoms with Gasteiger partial charge in [-0.15, -0.1) is 11.2 Å². The molecular weight excluding hydrogens is 597 g/mol. The molecule has 1 amide bonds. The van der Waals surface area contributed by atoms with Crippen molar-refractivity contribution in [2.75, 3.05) is 54.0 Å². The van der Waals surface area contributed by atoms with E-state index in [1.807, 2.05) is 36.4 Å². The molecule has 5 unspecified atom stereocenters. The van der Waals surface area contributed by atoms with E-state index < -0.39 is 13.9 Å². The summed E-state index contributed by atoms with van der Waals surface area (Å²) >= 11 is 1.62. The van der Waals surface area contributed by atoms with E-state index in [0.29, 0.717) is 29.2 Å². The third-order valence-electron chi connectivity index (χ3n) is 7.06. The van der Waals surface area contributed by atoms with E-state index in [4.69, 9.17) is 32.7 Å². The number of phosphoric ester groups is 1. The Kier molecular flexibility index (Phi) is 12.0. The lowest BCUT2D eigenvalue weighted by Gasteiger charge is -2.26. The van der Waals surface area contributed by atoms with Crippen LogP contribution >= 0.6 is 19.0 Å². The lowest BCUT2D eigenvalue weighted by Crippen LogP contribution is -2.29. The molecule has 0 aromatic heterocycles. The zero-order valence-corrected chi connectivity index (χ0v) is 26.3. The van der Waals surface area contributed by atoms with Gasteiger partial charge in [0.15, 0.2) is 11.5 Å². The molecule has 0 saturated carbocycles. The van der Waals surface area contributed by atoms with E-state index in [-0.39, 0.29) is 50.2 Å². The number of benzene rings is 2. The highest BCUT2D eigenvalue weighted by Crippen LogP contribution is 2.41. The predicted octanol–water partition coefficient (Wildman–Crippen LogP) is 4.00. The van der Waals surface area contributed by atoms with Gasteiger partial charge in [-0.3, -0.25) is 9.36 Å². The van der Waals surface area contributed by atoms with E-state index in [1.165, 1.54) is 0 Å². The number of carbonyl (C=O) groups is 1. The second kappa shape index (κ2) is 15.7. The number of hydrogen-bond donors (Lipinski definition) is 1. The van der Waals surface area contributed by atoms with Gasteiger partial charge in [0, 0.05) is 31.4 Å². The lowest BCUT2D eigenvalue weighted by atomic mass is 10.0. The topological polar surface area (TPSA) is 134 Å². The van der Waals surface area contributed by atoms with Gasteiger partial charge in [-0.25, -0.2) is 0 Å². The summed E-state index contributed by atoms with van der Waals surface area (Å²) < 4.78 is 49.7. The number of carbonyl (C=O) groups excluding carboxylic acids is 1. The fraction of sp³-hybridized carbons (Fsp3) is 0.467. The first-order valence-electron chi connectivity index (χ1n) is 13.8. The zero-order chi connectivity index (χ0) is 30.8. The minimum atomic E-state index is -4.53. The molecule has 2 aliphatic heterocycles. The molecule has 2 aromatic rings. The van der Waals surface area contributed by atoms with Gasteiger partial charge in [-0.1, -0.05) is 29.5 Å². The quantitative estimate of drug-likeness (QED) is 0.164. The average Bonchev–Trinajstić information content (AvgIpc) is 3.39. The van der Waals surface area contributed by atoms with Crippen LogP contribution in [0.5, 0.6) is 17.2 Å². The number of rotatable bonds is 16. The molecular formula is C30H37NO10PS-. The van der Waals surface area contributed by atoms with Crippen LogP contribution < -0.4 is 24.4 Å². The van der Waals surface area contributed by atoms with Gasteiger partial charge in [0.1, 0.15) is 6.10 Å². The van der Waals surface area contributed by atoms with Crippen molar-refractivity contribution in [2.24, 2.45) is 5.92 Å². The van der Waals surface area contributed by atoms with Crippen molar-refractivity contribution >= 4 is 37.1 Å². The van der Waals surface area contributed by atoms with E-state index in [9.17, 15) is 14.3 Å². The van der Waals surface area contributed by atoms with E-state index in [0.717, 1.165) is 16.9 Å². The molecule has 1 fully saturated rings. The van der Waals surface area contributed by atoms with Crippen LogP contribution in [0.2, 0.25) is 0 Å². The summed E-state index contributed by atoms with van der Waals surface area (Å²) in [5, 5.41) is 5.98. The van der Waals surface area contributed by atoms with Gasteiger partial charge in [-0.2, -0.15) is 0 Å². The fourth-order valence-electron chi connectivity index (χ4n) is 4.66. The largest absolute Gasteiger partial charge is 0.756 e. The number of nitrogens with one attached hydrogen (secondary N) is 1. The van der Waals surface area contributed by atoms with Crippen molar-refractivity contribution in [3.05, 3.63) is 53.1 Å². The minimum absolute atomic E-state index is 0.0448. The minimum Gasteiger partial charge on any atom is -0.756 e. The molecule has 43 heavy (non-hydrogen) atoms. The van der Waals surface area contributed by atoms with E-state index in [2.05, 4.69) is 10.5 Å². The van der Waals surface area contributed by atoms with Crippen molar-refractivity contribution < 1.29 is 47.0 Å². The zero-order valence-electron chi connectivity index (χ0n) is 24.6. The van der Waals surface area contributed by atoms with Crippen LogP contribution in [0.15, 0.2) is 36.4 Å². The van der Waals surface area contributed by atoms with Crippen LogP contribution in [-0.2, 0) is 23.1 Å². The molecule has 234 valence electrons. The van der Waals surface area contributed by atoms with Crippen LogP contribution in [0.3, 0.4) is 0 Å². The molecule has 4 rings (SSSR count). The smallest absolute Gasteiger partial charge is 0.267 e. The molecule has 2 aromatic carbocycles. The van der Waals surface area contributed by atoms with Crippen molar-refractivity contribution in [2.45, 2.75) is 31.2 Å². The van der Waals surface area contributed by atoms with Gasteiger partial charge in [-0.05, 0) is 41.8 Å². The summed E-state index contributed by atoms with van der Waals surface area (Å²) in [5.41, 5.74) is 2.22. The maximum atomic E-state index is 12.5. The number of methoxy groups -OCH3 is 4. The monoisotopic (exact) mass is 634 g/mol. The van der Waals surface area contributed by atoms with Crippen LogP contribution in [0.25, 0.3) is 12.2 Å². The van der Waals surface area contributed by atoms with Gasteiger partial charge in [0.25, 0.3) is 13.7 Å². The molecule has 0 aliphatic carbocycles. The van der Waals surface area contributed by atoms with Crippen molar-refractivity contribution in [1.82, 2.24) is 5.32 Å². The first-order chi connectivity index (χ1) is 20.8. The highest BCUT2D eigenvalue weighted by molar-refractivity contribution is 7.89. The van der Waals surface area contributed by atoms with Gasteiger partial charge < -0.3 is 42.9 Å². The summed E-state index contributed by atoms with van der Waals surface area (Å²) in [4.78, 5) is 24.7. The van der Waals surface area contributed by atoms with E-state index in [1.54, 1.807) is 51.7 Å². The first-order valence-corrected chi connectivity index (χ1v) is 16.2. The van der Waals surface area contributed by atoms with Gasteiger partial charge in [0.2, 0.25) is 5.75 Å². The van der Waals surface area contributed by atoms with Crippen LogP contribution in [0.4, 0.5) is 0 Å². The Balaban J connectivity index is 1.17. The lowest BCUT2D eigenvalue weighted by molar-refractivity contribution is -0.228. The molecule has 0 bridgehead atoms. The summed E-state index contributed by atoms with van der Waals surface area (Å²) in [6, 6.07) is 10.7. The summed E-state index contributed by atoms with van der Waals surface area (Å²) in [7, 11) is 1.71. The van der Waals surface area contributed by atoms with Crippen molar-refractivity contribution in [3.8, 4) is 22.4 Å². The molecule has 0 spiro atoms. The van der Waals surface area contributed by atoms with E-state index >= 15 is 0 Å². The fourth-order valence-corrected chi connectivity index (χ4v) is 6.14. The maximum Gasteiger partial charge on any atom is 0.267 e. The summed E-state index contributed by atoms with van der Waals surface area (Å²) in [6.45, 7) is -0.0793. The Morgan fingerprint density at radius 1 is 1.07 bits per heavy atom. The third-order valence-corrected chi connectivity index (χ3v) is 9.02. The standard InChI is InChI=1S/C30H38NO10PS/c1-35-25-16-24(23-18-43-19-23)41-28(25)17-40-42(33,34)39-13-5-12-31-30(32)22-10-8-20(9-11-22)6-7-21-14-26(36-2)29(38-4)27(15-21)37-3/h6-11,14-15,23-25,28H,5,12-13,16-18H2,1-4H3,(H,31,32)(H,33,34)/p-1/b7-6+. The Morgan fingerprint density at radius 3 is 2.33 bits per heavy atom. The van der Waals surface area contributed by atoms with Crippen molar-refractivity contribution in [3.63, 3.8) is 0 Å². The SMILES string of the molecule is COc1cc(/C=C/c2ccc(C(=O)NCCCOP(=O)([O-])OCC3OC(C4C#SC4)CC3OC)cc2)cc(OC)c1OC. The Morgan fingerprint density at radius 2 is 1.74 bits per heavy atom. The Hall–Kier alpha value is -2.92. The van der Waals surface area contributed by atoms with Crippen LogP contribution in [-0.4, -0.2) is 78.2 Å². The third kappa shape index (κ3) is 9.04. The number of ether oxygens (including phenoxy) is 5. The average molecular weight is 635 g/mol. The highest BCUT2D eigenvalue weighted by Gasteiger charge is 2.40. The Bertz CT molecular complexity index is 1360. The molecule has 0 radical (unpaired) electrons. The number of phosphoric acid groups is 1. The summed E-state index contributed by atoms with van der Waals surface area (Å²) in [6.07, 6.45) is 3.96. The number of amides is 1. The Labute approximate surface area is 255 Å². The molecule has 1 N–H and O–H groups in total. The predicted molar refractivity (Wildman–Crippen MR) is 162 cm³/mol. The molecule has 11 nitrogen and oxygen atoms in total.